The van der Waals surface area contributed by atoms with E-state index in [0.29, 0.717) is 0 Å². The van der Waals surface area contributed by atoms with Crippen molar-refractivity contribution in [3.63, 3.8) is 0 Å². The van der Waals surface area contributed by atoms with E-state index >= 15 is 0 Å². The molecule has 0 saturated carbocycles. The van der Waals surface area contributed by atoms with Crippen molar-refractivity contribution in [1.82, 2.24) is 9.78 Å². The van der Waals surface area contributed by atoms with Crippen LogP contribution in [0.3, 0.4) is 0 Å². The summed E-state index contributed by atoms with van der Waals surface area (Å²) in [6.45, 7) is 0. The number of anilines is 1. The maximum Gasteiger partial charge on any atom is 0.291 e. The number of nitrogens with two attached hydrogens (primary N) is 1. The Bertz CT molecular complexity index is 687. The normalized spacial score (nSPS) is 10.7. The van der Waals surface area contributed by atoms with Crippen LogP contribution in [-0.4, -0.2) is 9.78 Å². The van der Waals surface area contributed by atoms with Gasteiger partial charge in [-0.2, -0.15) is 9.78 Å². The van der Waals surface area contributed by atoms with E-state index in [2.05, 4.69) is 5.10 Å². The molecular weight excluding hydrogens is 303 g/mol. The quantitative estimate of drug-likeness (QED) is 0.824. The van der Waals surface area contributed by atoms with Crippen molar-refractivity contribution in [2.45, 2.75) is 0 Å². The van der Waals surface area contributed by atoms with Gasteiger partial charge in [0.1, 0.15) is 10.7 Å². The van der Waals surface area contributed by atoms with E-state index in [1.807, 2.05) is 0 Å². The van der Waals surface area contributed by atoms with Gasteiger partial charge in [0.15, 0.2) is 5.82 Å². The average Bonchev–Trinajstić information content (AvgIpc) is 2.32. The number of halogens is 4. The van der Waals surface area contributed by atoms with Crippen LogP contribution >= 0.6 is 34.8 Å². The van der Waals surface area contributed by atoms with Crippen LogP contribution in [0.15, 0.2) is 23.1 Å². The SMILES string of the molecule is Nc1cc(-n2ncc(Cl)c(Cl)c2=O)c(F)cc1Cl. The molecule has 0 bridgehead atoms. The van der Waals surface area contributed by atoms with Crippen LogP contribution in [-0.2, 0) is 0 Å². The molecule has 94 valence electrons. The molecule has 2 rings (SSSR count). The van der Waals surface area contributed by atoms with Crippen LogP contribution in [0.2, 0.25) is 15.1 Å². The predicted octanol–water partition coefficient (Wildman–Crippen LogP) is 2.91. The molecule has 8 heteroatoms. The minimum atomic E-state index is -0.748. The first-order valence-corrected chi connectivity index (χ1v) is 5.73. The fraction of sp³-hybridized carbons (Fsp3) is 0. The summed E-state index contributed by atoms with van der Waals surface area (Å²) in [5, 5.41) is 3.47. The molecule has 0 spiro atoms. The second-order valence-electron chi connectivity index (χ2n) is 3.35. The third-order valence-electron chi connectivity index (χ3n) is 2.17. The summed E-state index contributed by atoms with van der Waals surface area (Å²) < 4.78 is 14.5. The Morgan fingerprint density at radius 3 is 2.56 bits per heavy atom. The molecule has 1 aromatic heterocycles. The van der Waals surface area contributed by atoms with Gasteiger partial charge in [-0.3, -0.25) is 4.79 Å². The summed E-state index contributed by atoms with van der Waals surface area (Å²) in [6.07, 6.45) is 1.13. The van der Waals surface area contributed by atoms with E-state index in [0.717, 1.165) is 16.9 Å². The minimum Gasteiger partial charge on any atom is -0.397 e. The van der Waals surface area contributed by atoms with E-state index < -0.39 is 11.4 Å². The first kappa shape index (κ1) is 13.1. The molecule has 18 heavy (non-hydrogen) atoms. The summed E-state index contributed by atoms with van der Waals surface area (Å²) in [6, 6.07) is 2.18. The molecule has 0 aliphatic rings. The number of nitrogen functional groups attached to an aromatic ring is 1. The third-order valence-corrected chi connectivity index (χ3v) is 3.25. The van der Waals surface area contributed by atoms with Gasteiger partial charge in [-0.05, 0) is 12.1 Å². The summed E-state index contributed by atoms with van der Waals surface area (Å²) >= 11 is 16.9. The first-order valence-electron chi connectivity index (χ1n) is 4.60. The highest BCUT2D eigenvalue weighted by atomic mass is 35.5. The Labute approximate surface area is 116 Å². The lowest BCUT2D eigenvalue weighted by molar-refractivity contribution is 0.605. The first-order chi connectivity index (χ1) is 8.41. The third kappa shape index (κ3) is 2.16. The number of rotatable bonds is 1. The Kier molecular flexibility index (Phi) is 3.47. The van der Waals surface area contributed by atoms with Crippen molar-refractivity contribution in [1.29, 1.82) is 0 Å². The highest BCUT2D eigenvalue weighted by Crippen LogP contribution is 2.25. The molecule has 0 aliphatic heterocycles. The molecule has 2 aromatic rings. The maximum absolute atomic E-state index is 13.7. The molecule has 0 saturated heterocycles. The van der Waals surface area contributed by atoms with E-state index in [4.69, 9.17) is 40.5 Å². The second-order valence-corrected chi connectivity index (χ2v) is 4.54. The number of nitrogens with zero attached hydrogens (tertiary/aromatic N) is 2. The number of benzene rings is 1. The molecule has 1 aromatic carbocycles. The predicted molar refractivity (Wildman–Crippen MR) is 69.2 cm³/mol. The van der Waals surface area contributed by atoms with E-state index in [9.17, 15) is 9.18 Å². The number of hydrogen-bond donors (Lipinski definition) is 1. The fourth-order valence-corrected chi connectivity index (χ4v) is 1.70. The van der Waals surface area contributed by atoms with Gasteiger partial charge in [0.2, 0.25) is 0 Å². The lowest BCUT2D eigenvalue weighted by Crippen LogP contribution is -2.22. The van der Waals surface area contributed by atoms with Crippen LogP contribution < -0.4 is 11.3 Å². The topological polar surface area (TPSA) is 60.9 Å². The van der Waals surface area contributed by atoms with Crippen LogP contribution in [0, 0.1) is 5.82 Å². The van der Waals surface area contributed by atoms with Crippen LogP contribution in [0.4, 0.5) is 10.1 Å². The summed E-state index contributed by atoms with van der Waals surface area (Å²) in [7, 11) is 0. The van der Waals surface area contributed by atoms with Gasteiger partial charge in [0, 0.05) is 0 Å². The van der Waals surface area contributed by atoms with E-state index in [1.54, 1.807) is 0 Å². The number of hydrogen-bond acceptors (Lipinski definition) is 3. The Morgan fingerprint density at radius 1 is 1.22 bits per heavy atom. The van der Waals surface area contributed by atoms with Gasteiger partial charge in [-0.1, -0.05) is 34.8 Å². The highest BCUT2D eigenvalue weighted by Gasteiger charge is 2.14. The minimum absolute atomic E-state index is 0.0136. The second kappa shape index (κ2) is 4.76. The maximum atomic E-state index is 13.7. The molecule has 2 N–H and O–H groups in total. The zero-order valence-corrected chi connectivity index (χ0v) is 10.9. The van der Waals surface area contributed by atoms with E-state index in [1.165, 1.54) is 6.07 Å². The zero-order valence-electron chi connectivity index (χ0n) is 8.62. The Hall–Kier alpha value is -1.30. The van der Waals surface area contributed by atoms with Gasteiger partial charge >= 0.3 is 0 Å². The van der Waals surface area contributed by atoms with Crippen molar-refractivity contribution < 1.29 is 4.39 Å². The van der Waals surface area contributed by atoms with E-state index in [-0.39, 0.29) is 26.4 Å². The van der Waals surface area contributed by atoms with Crippen molar-refractivity contribution in [3.8, 4) is 5.69 Å². The summed E-state index contributed by atoms with van der Waals surface area (Å²) in [5.41, 5.74) is 4.76. The summed E-state index contributed by atoms with van der Waals surface area (Å²) in [4.78, 5) is 11.8. The molecule has 0 atom stereocenters. The Morgan fingerprint density at radius 2 is 1.89 bits per heavy atom. The lowest BCUT2D eigenvalue weighted by atomic mass is 10.2. The van der Waals surface area contributed by atoms with Gasteiger partial charge in [-0.25, -0.2) is 4.39 Å². The van der Waals surface area contributed by atoms with Gasteiger partial charge in [0.05, 0.1) is 21.9 Å². The van der Waals surface area contributed by atoms with Crippen molar-refractivity contribution in [2.24, 2.45) is 0 Å². The van der Waals surface area contributed by atoms with Gasteiger partial charge < -0.3 is 5.73 Å². The summed E-state index contributed by atoms with van der Waals surface area (Å²) in [5.74, 6) is -0.748. The molecule has 0 fully saturated rings. The molecule has 0 unspecified atom stereocenters. The average molecular weight is 309 g/mol. The molecule has 1 heterocycles. The van der Waals surface area contributed by atoms with Gasteiger partial charge in [-0.15, -0.1) is 0 Å². The molecular formula is C10H5Cl3FN3O. The molecule has 0 radical (unpaired) electrons. The largest absolute Gasteiger partial charge is 0.397 e. The fourth-order valence-electron chi connectivity index (χ4n) is 1.30. The molecule has 4 nitrogen and oxygen atoms in total. The van der Waals surface area contributed by atoms with Crippen LogP contribution in [0.5, 0.6) is 0 Å². The number of aromatic nitrogens is 2. The van der Waals surface area contributed by atoms with Crippen molar-refractivity contribution in [2.75, 3.05) is 5.73 Å². The smallest absolute Gasteiger partial charge is 0.291 e. The molecule has 0 aliphatic carbocycles. The molecule has 0 amide bonds. The Balaban J connectivity index is 2.74. The zero-order chi connectivity index (χ0) is 13.4. The highest BCUT2D eigenvalue weighted by molar-refractivity contribution is 6.41. The van der Waals surface area contributed by atoms with Gasteiger partial charge in [0.25, 0.3) is 5.56 Å². The standard InChI is InChI=1S/C10H5Cl3FN3O/c11-4-1-6(14)8(2-7(4)15)17-10(18)9(13)5(12)3-16-17/h1-3H,15H2. The lowest BCUT2D eigenvalue weighted by Gasteiger charge is -2.08. The van der Waals surface area contributed by atoms with Crippen LogP contribution in [0.25, 0.3) is 5.69 Å². The van der Waals surface area contributed by atoms with Crippen molar-refractivity contribution >= 4 is 40.5 Å². The van der Waals surface area contributed by atoms with Crippen LogP contribution in [0.1, 0.15) is 0 Å². The monoisotopic (exact) mass is 307 g/mol. The van der Waals surface area contributed by atoms with Crippen molar-refractivity contribution in [3.05, 3.63) is 49.6 Å².